The molecular formula is C26H18O2. The van der Waals surface area contributed by atoms with Crippen LogP contribution in [0.3, 0.4) is 0 Å². The number of hydrogen-bond acceptors (Lipinski definition) is 2. The van der Waals surface area contributed by atoms with E-state index in [1.165, 1.54) is 0 Å². The number of methoxy groups -OCH3 is 2. The van der Waals surface area contributed by atoms with Crippen molar-refractivity contribution in [3.8, 4) is 47.3 Å². The lowest BCUT2D eigenvalue weighted by molar-refractivity contribution is 0.411. The van der Waals surface area contributed by atoms with Crippen molar-refractivity contribution >= 4 is 21.5 Å². The van der Waals surface area contributed by atoms with Gasteiger partial charge in [0.05, 0.1) is 14.2 Å². The van der Waals surface area contributed by atoms with Gasteiger partial charge in [-0.25, -0.2) is 0 Å². The second-order valence-electron chi connectivity index (χ2n) is 6.38. The lowest BCUT2D eigenvalue weighted by Crippen LogP contribution is -1.97. The fraction of sp³-hybridized carbons (Fsp3) is 0.0769. The van der Waals surface area contributed by atoms with E-state index in [0.29, 0.717) is 11.5 Å². The molecule has 2 heteroatoms. The minimum Gasteiger partial charge on any atom is -0.496 e. The molecule has 0 unspecified atom stereocenters. The zero-order chi connectivity index (χ0) is 19.7. The Hall–Kier alpha value is -3.88. The first kappa shape index (κ1) is 17.5. The Balaban J connectivity index is 2.26. The predicted molar refractivity (Wildman–Crippen MR) is 116 cm³/mol. The standard InChI is InChI=1S/C26H18O2/c1-5-17-15-23(27-3)25(21-13-9-7-11-19(17)21)26-22-14-10-8-12-20(22)18(6-2)16-24(26)28-4/h1-2,7-16H,3-4H3. The Morgan fingerprint density at radius 1 is 0.607 bits per heavy atom. The molecule has 0 aliphatic heterocycles. The number of benzene rings is 4. The van der Waals surface area contributed by atoms with Crippen LogP contribution in [0, 0.1) is 24.7 Å². The molecule has 0 atom stereocenters. The summed E-state index contributed by atoms with van der Waals surface area (Å²) < 4.78 is 11.5. The maximum Gasteiger partial charge on any atom is 0.128 e. The van der Waals surface area contributed by atoms with E-state index in [4.69, 9.17) is 22.3 Å². The van der Waals surface area contributed by atoms with Gasteiger partial charge < -0.3 is 9.47 Å². The molecule has 0 saturated carbocycles. The van der Waals surface area contributed by atoms with Crippen LogP contribution in [0.5, 0.6) is 11.5 Å². The summed E-state index contributed by atoms with van der Waals surface area (Å²) in [7, 11) is 3.30. The summed E-state index contributed by atoms with van der Waals surface area (Å²) in [5.41, 5.74) is 3.46. The SMILES string of the molecule is C#Cc1cc(OC)c(-c2c(OC)cc(C#C)c3ccccc23)c2ccccc12. The molecule has 0 radical (unpaired) electrons. The molecule has 0 heterocycles. The second-order valence-corrected chi connectivity index (χ2v) is 6.38. The Labute approximate surface area is 164 Å². The molecule has 0 aliphatic carbocycles. The fourth-order valence-corrected chi connectivity index (χ4v) is 3.78. The van der Waals surface area contributed by atoms with E-state index in [9.17, 15) is 0 Å². The monoisotopic (exact) mass is 362 g/mol. The number of terminal acetylenes is 2. The molecule has 2 nitrogen and oxygen atoms in total. The van der Waals surface area contributed by atoms with Gasteiger partial charge in [-0.05, 0) is 33.7 Å². The van der Waals surface area contributed by atoms with Crippen LogP contribution in [0.15, 0.2) is 60.7 Å². The maximum absolute atomic E-state index is 5.76. The van der Waals surface area contributed by atoms with E-state index in [1.54, 1.807) is 14.2 Å². The van der Waals surface area contributed by atoms with Crippen LogP contribution in [0.4, 0.5) is 0 Å². The molecular weight excluding hydrogens is 344 g/mol. The van der Waals surface area contributed by atoms with E-state index < -0.39 is 0 Å². The van der Waals surface area contributed by atoms with Gasteiger partial charge in [0.2, 0.25) is 0 Å². The molecule has 28 heavy (non-hydrogen) atoms. The third-order valence-electron chi connectivity index (χ3n) is 5.02. The molecule has 0 amide bonds. The maximum atomic E-state index is 5.76. The van der Waals surface area contributed by atoms with Gasteiger partial charge in [0, 0.05) is 22.3 Å². The highest BCUT2D eigenvalue weighted by Gasteiger charge is 2.21. The molecule has 0 fully saturated rings. The van der Waals surface area contributed by atoms with Crippen molar-refractivity contribution in [3.63, 3.8) is 0 Å². The number of ether oxygens (including phenoxy) is 2. The molecule has 0 aliphatic rings. The number of hydrogen-bond donors (Lipinski definition) is 0. The quantitative estimate of drug-likeness (QED) is 0.439. The first-order valence-electron chi connectivity index (χ1n) is 8.86. The normalized spacial score (nSPS) is 10.4. The molecule has 4 aromatic carbocycles. The summed E-state index contributed by atoms with van der Waals surface area (Å²) in [6.45, 7) is 0. The lowest BCUT2D eigenvalue weighted by Gasteiger charge is -2.19. The van der Waals surface area contributed by atoms with Crippen molar-refractivity contribution in [2.75, 3.05) is 14.2 Å². The first-order valence-corrected chi connectivity index (χ1v) is 8.86. The molecule has 0 spiro atoms. The topological polar surface area (TPSA) is 18.5 Å². The van der Waals surface area contributed by atoms with Crippen LogP contribution < -0.4 is 9.47 Å². The van der Waals surface area contributed by atoms with Crippen molar-refractivity contribution in [2.45, 2.75) is 0 Å². The van der Waals surface area contributed by atoms with Crippen LogP contribution in [-0.2, 0) is 0 Å². The Morgan fingerprint density at radius 2 is 0.964 bits per heavy atom. The average molecular weight is 362 g/mol. The Kier molecular flexibility index (Phi) is 4.40. The van der Waals surface area contributed by atoms with Gasteiger partial charge in [-0.1, -0.05) is 60.4 Å². The minimum absolute atomic E-state index is 0.698. The highest BCUT2D eigenvalue weighted by Crippen LogP contribution is 2.46. The summed E-state index contributed by atoms with van der Waals surface area (Å²) in [5.74, 6) is 6.93. The zero-order valence-electron chi connectivity index (χ0n) is 15.7. The largest absolute Gasteiger partial charge is 0.496 e. The van der Waals surface area contributed by atoms with Crippen LogP contribution in [0.2, 0.25) is 0 Å². The molecule has 134 valence electrons. The third kappa shape index (κ3) is 2.56. The smallest absolute Gasteiger partial charge is 0.128 e. The number of rotatable bonds is 3. The van der Waals surface area contributed by atoms with Crippen LogP contribution in [0.25, 0.3) is 32.7 Å². The average Bonchev–Trinajstić information content (AvgIpc) is 2.77. The summed E-state index contributed by atoms with van der Waals surface area (Å²) in [6, 6.07) is 19.9. The highest BCUT2D eigenvalue weighted by atomic mass is 16.5. The van der Waals surface area contributed by atoms with Crippen molar-refractivity contribution in [1.82, 2.24) is 0 Å². The third-order valence-corrected chi connectivity index (χ3v) is 5.02. The predicted octanol–water partition coefficient (Wildman–Crippen LogP) is 5.64. The summed E-state index contributed by atoms with van der Waals surface area (Å²) in [6.07, 6.45) is 11.5. The first-order chi connectivity index (χ1) is 13.7. The fourth-order valence-electron chi connectivity index (χ4n) is 3.78. The van der Waals surface area contributed by atoms with Gasteiger partial charge in [0.1, 0.15) is 11.5 Å². The van der Waals surface area contributed by atoms with E-state index in [1.807, 2.05) is 48.5 Å². The van der Waals surface area contributed by atoms with Gasteiger partial charge in [0.25, 0.3) is 0 Å². The Bertz CT molecular complexity index is 1200. The molecule has 4 rings (SSSR count). The van der Waals surface area contributed by atoms with Gasteiger partial charge in [-0.15, -0.1) is 12.8 Å². The van der Waals surface area contributed by atoms with E-state index in [0.717, 1.165) is 43.8 Å². The highest BCUT2D eigenvalue weighted by molar-refractivity contribution is 6.12. The van der Waals surface area contributed by atoms with Crippen LogP contribution >= 0.6 is 0 Å². The van der Waals surface area contributed by atoms with Crippen molar-refractivity contribution in [2.24, 2.45) is 0 Å². The molecule has 0 aromatic heterocycles. The second kappa shape index (κ2) is 7.03. The van der Waals surface area contributed by atoms with E-state index in [-0.39, 0.29) is 0 Å². The minimum atomic E-state index is 0.698. The molecule has 0 bridgehead atoms. The Morgan fingerprint density at radius 3 is 1.29 bits per heavy atom. The van der Waals surface area contributed by atoms with E-state index >= 15 is 0 Å². The summed E-state index contributed by atoms with van der Waals surface area (Å²) >= 11 is 0. The summed E-state index contributed by atoms with van der Waals surface area (Å²) in [4.78, 5) is 0. The summed E-state index contributed by atoms with van der Waals surface area (Å²) in [5, 5.41) is 4.00. The zero-order valence-corrected chi connectivity index (χ0v) is 15.7. The lowest BCUT2D eigenvalue weighted by atomic mass is 9.89. The number of fused-ring (bicyclic) bond motifs is 2. The van der Waals surface area contributed by atoms with Crippen molar-refractivity contribution in [1.29, 1.82) is 0 Å². The van der Waals surface area contributed by atoms with Gasteiger partial charge in [-0.3, -0.25) is 0 Å². The molecule has 0 saturated heterocycles. The molecule has 4 aromatic rings. The van der Waals surface area contributed by atoms with Crippen LogP contribution in [-0.4, -0.2) is 14.2 Å². The van der Waals surface area contributed by atoms with E-state index in [2.05, 4.69) is 24.0 Å². The van der Waals surface area contributed by atoms with Gasteiger partial charge in [-0.2, -0.15) is 0 Å². The molecule has 0 N–H and O–H groups in total. The van der Waals surface area contributed by atoms with Crippen molar-refractivity contribution in [3.05, 3.63) is 71.8 Å². The van der Waals surface area contributed by atoms with Gasteiger partial charge in [0.15, 0.2) is 0 Å². The van der Waals surface area contributed by atoms with Crippen molar-refractivity contribution < 1.29 is 9.47 Å². The van der Waals surface area contributed by atoms with Crippen LogP contribution in [0.1, 0.15) is 11.1 Å². The van der Waals surface area contributed by atoms with Gasteiger partial charge >= 0.3 is 0 Å².